The van der Waals surface area contributed by atoms with Crippen molar-refractivity contribution in [3.05, 3.63) is 45.2 Å². The molecule has 1 aromatic heterocycles. The molecule has 1 N–H and O–H groups in total. The third-order valence-corrected chi connectivity index (χ3v) is 8.21. The maximum atomic E-state index is 13.6. The van der Waals surface area contributed by atoms with Crippen LogP contribution in [0.3, 0.4) is 0 Å². The highest BCUT2D eigenvalue weighted by atomic mass is 32.1. The zero-order valence-electron chi connectivity index (χ0n) is 22.6. The molecule has 2 aliphatic rings. The highest BCUT2D eigenvalue weighted by molar-refractivity contribution is 7.09. The lowest BCUT2D eigenvalue weighted by Crippen LogP contribution is -2.29. The molecule has 39 heavy (non-hydrogen) atoms. The van der Waals surface area contributed by atoms with Gasteiger partial charge in [0.1, 0.15) is 11.9 Å². The van der Waals surface area contributed by atoms with E-state index >= 15 is 0 Å². The fraction of sp³-hybridized carbons (Fsp3) is 0.593. The summed E-state index contributed by atoms with van der Waals surface area (Å²) in [4.78, 5) is 21.2. The Hall–Kier alpha value is -2.70. The summed E-state index contributed by atoms with van der Waals surface area (Å²) in [7, 11) is 0. The van der Waals surface area contributed by atoms with Crippen LogP contribution in [0.1, 0.15) is 67.8 Å². The van der Waals surface area contributed by atoms with Crippen molar-refractivity contribution in [1.29, 1.82) is 0 Å². The Labute approximate surface area is 229 Å². The fourth-order valence-electron chi connectivity index (χ4n) is 4.65. The Morgan fingerprint density at radius 1 is 1.26 bits per heavy atom. The first-order valence-electron chi connectivity index (χ1n) is 13.0. The topological polar surface area (TPSA) is 88.7 Å². The minimum absolute atomic E-state index is 0.00116. The van der Waals surface area contributed by atoms with E-state index in [9.17, 15) is 18.0 Å². The molecular formula is C27H35F3N4O4S. The number of nitrogens with zero attached hydrogens (tertiary/aromatic N) is 4. The molecule has 0 unspecified atom stereocenters. The summed E-state index contributed by atoms with van der Waals surface area (Å²) in [5, 5.41) is 12.1. The van der Waals surface area contributed by atoms with Gasteiger partial charge in [0.05, 0.1) is 29.5 Å². The Kier molecular flexibility index (Phi) is 8.87. The van der Waals surface area contributed by atoms with Gasteiger partial charge in [-0.2, -0.15) is 18.2 Å². The van der Waals surface area contributed by atoms with Crippen LogP contribution in [0.4, 0.5) is 13.2 Å². The smallest absolute Gasteiger partial charge is 0.416 e. The molecule has 1 amide bonds. The van der Waals surface area contributed by atoms with Crippen LogP contribution < -0.4 is 9.54 Å². The SMILES string of the molecule is C/C(CN1CC[C@H](Oc2ccc(C(F)(F)F)cc2C(=O)/N=c2\sc(C(C)(C)C)cn2C[C@H]2CCCO2)C1)=N\O. The van der Waals surface area contributed by atoms with Gasteiger partial charge in [-0.25, -0.2) is 0 Å². The summed E-state index contributed by atoms with van der Waals surface area (Å²) in [6, 6.07) is 2.94. The number of oxime groups is 1. The first-order valence-corrected chi connectivity index (χ1v) is 13.8. The maximum absolute atomic E-state index is 13.6. The lowest BCUT2D eigenvalue weighted by atomic mass is 9.95. The van der Waals surface area contributed by atoms with Crippen molar-refractivity contribution in [3.8, 4) is 5.75 Å². The monoisotopic (exact) mass is 568 g/mol. The number of halogens is 3. The number of aromatic nitrogens is 1. The van der Waals surface area contributed by atoms with Crippen LogP contribution in [0.5, 0.6) is 5.75 Å². The Balaban J connectivity index is 1.67. The van der Waals surface area contributed by atoms with Crippen molar-refractivity contribution in [2.24, 2.45) is 10.1 Å². The molecule has 2 aromatic rings. The molecule has 2 aliphatic heterocycles. The number of benzene rings is 1. The molecule has 0 saturated carbocycles. The molecule has 0 aliphatic carbocycles. The molecule has 3 heterocycles. The Bertz CT molecular complexity index is 1270. The number of rotatable bonds is 7. The second kappa shape index (κ2) is 11.8. The number of carbonyl (C=O) groups is 1. The van der Waals surface area contributed by atoms with Gasteiger partial charge in [0.25, 0.3) is 5.91 Å². The second-order valence-corrected chi connectivity index (χ2v) is 12.1. The van der Waals surface area contributed by atoms with Gasteiger partial charge in [-0.3, -0.25) is 9.69 Å². The molecule has 8 nitrogen and oxygen atoms in total. The highest BCUT2D eigenvalue weighted by Crippen LogP contribution is 2.34. The van der Waals surface area contributed by atoms with E-state index in [4.69, 9.17) is 14.7 Å². The summed E-state index contributed by atoms with van der Waals surface area (Å²) in [5.41, 5.74) is -0.824. The fourth-order valence-corrected chi connectivity index (χ4v) is 5.70. The third kappa shape index (κ3) is 7.49. The van der Waals surface area contributed by atoms with Crippen molar-refractivity contribution < 1.29 is 32.6 Å². The average Bonchev–Trinajstić information content (AvgIpc) is 3.61. The average molecular weight is 569 g/mol. The number of thiazole rings is 1. The van der Waals surface area contributed by atoms with Crippen molar-refractivity contribution in [1.82, 2.24) is 9.47 Å². The van der Waals surface area contributed by atoms with Crippen molar-refractivity contribution in [2.45, 2.75) is 77.3 Å². The van der Waals surface area contributed by atoms with Crippen LogP contribution in [0.15, 0.2) is 34.5 Å². The second-order valence-electron chi connectivity index (χ2n) is 11.1. The van der Waals surface area contributed by atoms with Gasteiger partial charge in [0.15, 0.2) is 4.80 Å². The van der Waals surface area contributed by atoms with E-state index in [0.717, 1.165) is 29.9 Å². The molecule has 4 rings (SSSR count). The zero-order valence-corrected chi connectivity index (χ0v) is 23.4. The molecule has 2 atom stereocenters. The van der Waals surface area contributed by atoms with Gasteiger partial charge in [0.2, 0.25) is 0 Å². The van der Waals surface area contributed by atoms with E-state index in [1.165, 1.54) is 17.4 Å². The number of likely N-dealkylation sites (tertiary alicyclic amines) is 1. The van der Waals surface area contributed by atoms with Gasteiger partial charge in [-0.15, -0.1) is 11.3 Å². The van der Waals surface area contributed by atoms with Gasteiger partial charge in [0, 0.05) is 37.3 Å². The lowest BCUT2D eigenvalue weighted by Gasteiger charge is -2.18. The van der Waals surface area contributed by atoms with Crippen LogP contribution in [-0.2, 0) is 22.9 Å². The summed E-state index contributed by atoms with van der Waals surface area (Å²) in [5.74, 6) is -0.730. The molecule has 12 heteroatoms. The lowest BCUT2D eigenvalue weighted by molar-refractivity contribution is -0.137. The van der Waals surface area contributed by atoms with Gasteiger partial charge >= 0.3 is 6.18 Å². The Morgan fingerprint density at radius 2 is 2.03 bits per heavy atom. The summed E-state index contributed by atoms with van der Waals surface area (Å²) in [6.45, 7) is 10.7. The van der Waals surface area contributed by atoms with E-state index < -0.39 is 17.6 Å². The van der Waals surface area contributed by atoms with Crippen LogP contribution in [0, 0.1) is 0 Å². The van der Waals surface area contributed by atoms with E-state index in [0.29, 0.717) is 49.7 Å². The highest BCUT2D eigenvalue weighted by Gasteiger charge is 2.33. The number of alkyl halides is 3. The maximum Gasteiger partial charge on any atom is 0.416 e. The standard InChI is InChI=1S/C27H35F3N4O4S/c1-17(32-36)13-33-10-9-20(14-33)38-22-8-7-18(27(28,29)30)12-21(22)24(35)31-25-34(15-19-6-5-11-37-19)16-23(39-25)26(2,3)4/h7-8,12,16,19-20,36H,5-6,9-11,13-15H2,1-4H3/b31-25-,32-17+/t19-,20+/m1/s1. The predicted molar refractivity (Wildman–Crippen MR) is 142 cm³/mol. The number of amides is 1. The third-order valence-electron chi connectivity index (χ3n) is 6.76. The van der Waals surface area contributed by atoms with Gasteiger partial charge < -0.3 is 19.2 Å². The van der Waals surface area contributed by atoms with Crippen molar-refractivity contribution in [3.63, 3.8) is 0 Å². The summed E-state index contributed by atoms with van der Waals surface area (Å²) >= 11 is 1.35. The van der Waals surface area contributed by atoms with Crippen LogP contribution in [0.25, 0.3) is 0 Å². The number of hydrogen-bond acceptors (Lipinski definition) is 7. The molecule has 2 fully saturated rings. The molecule has 2 saturated heterocycles. The predicted octanol–water partition coefficient (Wildman–Crippen LogP) is 5.09. The van der Waals surface area contributed by atoms with E-state index in [1.54, 1.807) is 6.92 Å². The number of ether oxygens (including phenoxy) is 2. The molecule has 0 bridgehead atoms. The first-order chi connectivity index (χ1) is 18.3. The first kappa shape index (κ1) is 29.3. The number of carbonyl (C=O) groups excluding carboxylic acids is 1. The normalized spacial score (nSPS) is 21.6. The van der Waals surface area contributed by atoms with Gasteiger partial charge in [-0.1, -0.05) is 25.9 Å². The largest absolute Gasteiger partial charge is 0.488 e. The van der Waals surface area contributed by atoms with Crippen LogP contribution in [0.2, 0.25) is 0 Å². The summed E-state index contributed by atoms with van der Waals surface area (Å²) < 4.78 is 54.5. The molecule has 0 spiro atoms. The molecular weight excluding hydrogens is 533 g/mol. The molecule has 0 radical (unpaired) electrons. The quantitative estimate of drug-likeness (QED) is 0.286. The summed E-state index contributed by atoms with van der Waals surface area (Å²) in [6.07, 6.45) is -0.533. The minimum Gasteiger partial charge on any atom is -0.488 e. The van der Waals surface area contributed by atoms with Crippen LogP contribution in [-0.4, -0.2) is 64.7 Å². The van der Waals surface area contributed by atoms with Crippen molar-refractivity contribution in [2.75, 3.05) is 26.2 Å². The molecule has 1 aromatic carbocycles. The van der Waals surface area contributed by atoms with Gasteiger partial charge in [-0.05, 0) is 49.8 Å². The van der Waals surface area contributed by atoms with E-state index in [-0.39, 0.29) is 28.9 Å². The van der Waals surface area contributed by atoms with Crippen molar-refractivity contribution >= 4 is 23.0 Å². The number of hydrogen-bond donors (Lipinski definition) is 1. The van der Waals surface area contributed by atoms with E-state index in [1.807, 2.05) is 15.7 Å². The Morgan fingerprint density at radius 3 is 2.67 bits per heavy atom. The minimum atomic E-state index is -4.62. The van der Waals surface area contributed by atoms with E-state index in [2.05, 4.69) is 30.9 Å². The zero-order chi connectivity index (χ0) is 28.4. The van der Waals surface area contributed by atoms with Crippen LogP contribution >= 0.6 is 11.3 Å². The molecule has 214 valence electrons.